The average molecular weight is 379 g/mol. The molecule has 3 aliphatic rings. The van der Waals surface area contributed by atoms with Crippen molar-refractivity contribution >= 4 is 11.6 Å². The second-order valence-corrected chi connectivity index (χ2v) is 8.56. The quantitative estimate of drug-likeness (QED) is 0.827. The summed E-state index contributed by atoms with van der Waals surface area (Å²) in [6.07, 6.45) is 3.00. The van der Waals surface area contributed by atoms with Crippen molar-refractivity contribution in [2.75, 3.05) is 62.7 Å². The minimum absolute atomic E-state index is 0.666. The Hall–Kier alpha value is -2.18. The Kier molecular flexibility index (Phi) is 4.91. The van der Waals surface area contributed by atoms with E-state index in [1.807, 2.05) is 0 Å². The average Bonchev–Trinajstić information content (AvgIpc) is 3.48. The second-order valence-electron chi connectivity index (χ2n) is 8.56. The number of rotatable bonds is 6. The number of hydrogen-bond acceptors (Lipinski definition) is 6. The molecule has 28 heavy (non-hydrogen) atoms. The molecule has 0 amide bonds. The molecule has 1 saturated carbocycles. The minimum atomic E-state index is 0.666. The van der Waals surface area contributed by atoms with Crippen LogP contribution in [0.15, 0.2) is 42.7 Å². The lowest BCUT2D eigenvalue weighted by Crippen LogP contribution is -2.51. The minimum Gasteiger partial charge on any atom is -0.356 e. The Balaban J connectivity index is 1.08. The summed E-state index contributed by atoms with van der Waals surface area (Å²) < 4.78 is 0. The largest absolute Gasteiger partial charge is 0.356 e. The van der Waals surface area contributed by atoms with Gasteiger partial charge in [0.15, 0.2) is 0 Å². The second kappa shape index (κ2) is 7.68. The molecule has 1 aliphatic carbocycles. The third-order valence-corrected chi connectivity index (χ3v) is 6.43. The third-order valence-electron chi connectivity index (χ3n) is 6.43. The van der Waals surface area contributed by atoms with Gasteiger partial charge in [0.1, 0.15) is 18.0 Å². The standard InChI is InChI=1S/C22H30N6/c1-26-7-9-27(10-8-26)21-12-22(25-16-24-21)28-14-17(15-28)13-23-20-11-19(20)18-5-3-2-4-6-18/h2-6,12,16-17,19-20,23H,7-11,13-15H2,1H3. The van der Waals surface area contributed by atoms with Crippen LogP contribution in [0.25, 0.3) is 0 Å². The van der Waals surface area contributed by atoms with Crippen molar-refractivity contribution in [1.82, 2.24) is 20.2 Å². The Morgan fingerprint density at radius 1 is 0.964 bits per heavy atom. The van der Waals surface area contributed by atoms with Crippen LogP contribution in [0, 0.1) is 5.92 Å². The zero-order valence-electron chi connectivity index (χ0n) is 16.7. The van der Waals surface area contributed by atoms with Crippen LogP contribution in [0.3, 0.4) is 0 Å². The zero-order chi connectivity index (χ0) is 18.9. The summed E-state index contributed by atoms with van der Waals surface area (Å²) in [5.74, 6) is 3.58. The number of aromatic nitrogens is 2. The molecule has 148 valence electrons. The van der Waals surface area contributed by atoms with Crippen molar-refractivity contribution in [3.8, 4) is 0 Å². The van der Waals surface area contributed by atoms with Gasteiger partial charge in [-0.25, -0.2) is 9.97 Å². The van der Waals surface area contributed by atoms with Crippen LogP contribution in [-0.2, 0) is 0 Å². The molecule has 2 aliphatic heterocycles. The Morgan fingerprint density at radius 3 is 2.43 bits per heavy atom. The Morgan fingerprint density at radius 2 is 1.68 bits per heavy atom. The van der Waals surface area contributed by atoms with Crippen LogP contribution in [0.5, 0.6) is 0 Å². The van der Waals surface area contributed by atoms with Gasteiger partial charge in [-0.2, -0.15) is 0 Å². The first-order chi connectivity index (χ1) is 13.8. The van der Waals surface area contributed by atoms with Gasteiger partial charge in [0, 0.05) is 69.8 Å². The van der Waals surface area contributed by atoms with Crippen molar-refractivity contribution in [1.29, 1.82) is 0 Å². The molecular formula is C22H30N6. The molecule has 3 heterocycles. The molecule has 6 heteroatoms. The molecule has 0 spiro atoms. The third kappa shape index (κ3) is 3.84. The van der Waals surface area contributed by atoms with Gasteiger partial charge in [0.05, 0.1) is 0 Å². The van der Waals surface area contributed by atoms with E-state index in [0.29, 0.717) is 12.0 Å². The highest BCUT2D eigenvalue weighted by molar-refractivity contribution is 5.51. The summed E-state index contributed by atoms with van der Waals surface area (Å²) in [6, 6.07) is 13.7. The van der Waals surface area contributed by atoms with E-state index in [0.717, 1.165) is 63.4 Å². The van der Waals surface area contributed by atoms with E-state index in [-0.39, 0.29) is 0 Å². The van der Waals surface area contributed by atoms with Crippen LogP contribution in [0.1, 0.15) is 17.9 Å². The van der Waals surface area contributed by atoms with Gasteiger partial charge in [0.25, 0.3) is 0 Å². The first-order valence-corrected chi connectivity index (χ1v) is 10.5. The van der Waals surface area contributed by atoms with Crippen molar-refractivity contribution in [3.63, 3.8) is 0 Å². The normalized spacial score (nSPS) is 25.6. The SMILES string of the molecule is CN1CCN(c2cc(N3CC(CNC4CC4c4ccccc4)C3)ncn2)CC1. The maximum atomic E-state index is 4.52. The highest BCUT2D eigenvalue weighted by Crippen LogP contribution is 2.40. The highest BCUT2D eigenvalue weighted by Gasteiger charge is 2.39. The van der Waals surface area contributed by atoms with E-state index in [1.165, 1.54) is 12.0 Å². The van der Waals surface area contributed by atoms with Gasteiger partial charge >= 0.3 is 0 Å². The number of benzene rings is 1. The molecule has 1 aromatic carbocycles. The van der Waals surface area contributed by atoms with Crippen LogP contribution in [0.4, 0.5) is 11.6 Å². The smallest absolute Gasteiger partial charge is 0.134 e. The number of anilines is 2. The number of nitrogens with zero attached hydrogens (tertiary/aromatic N) is 5. The van der Waals surface area contributed by atoms with E-state index in [2.05, 4.69) is 73.4 Å². The van der Waals surface area contributed by atoms with E-state index < -0.39 is 0 Å². The molecule has 2 aromatic rings. The summed E-state index contributed by atoms with van der Waals surface area (Å²) in [4.78, 5) is 16.2. The predicted octanol–water partition coefficient (Wildman–Crippen LogP) is 1.81. The zero-order valence-corrected chi connectivity index (χ0v) is 16.7. The van der Waals surface area contributed by atoms with Gasteiger partial charge in [-0.05, 0) is 19.0 Å². The highest BCUT2D eigenvalue weighted by atomic mass is 15.3. The van der Waals surface area contributed by atoms with Crippen molar-refractivity contribution in [2.24, 2.45) is 5.92 Å². The van der Waals surface area contributed by atoms with E-state index in [9.17, 15) is 0 Å². The van der Waals surface area contributed by atoms with Crippen LogP contribution < -0.4 is 15.1 Å². The summed E-state index contributed by atoms with van der Waals surface area (Å²) in [5.41, 5.74) is 1.48. The first kappa shape index (κ1) is 17.9. The molecule has 1 N–H and O–H groups in total. The molecule has 0 bridgehead atoms. The fourth-order valence-corrected chi connectivity index (χ4v) is 4.41. The fourth-order valence-electron chi connectivity index (χ4n) is 4.41. The molecule has 6 nitrogen and oxygen atoms in total. The lowest BCUT2D eigenvalue weighted by molar-refractivity contribution is 0.312. The summed E-state index contributed by atoms with van der Waals surface area (Å²) in [6.45, 7) is 7.58. The van der Waals surface area contributed by atoms with Gasteiger partial charge in [-0.1, -0.05) is 30.3 Å². The molecule has 3 fully saturated rings. The number of nitrogens with one attached hydrogen (secondary N) is 1. The lowest BCUT2D eigenvalue weighted by Gasteiger charge is -2.41. The lowest BCUT2D eigenvalue weighted by atomic mass is 10.00. The van der Waals surface area contributed by atoms with E-state index in [4.69, 9.17) is 0 Å². The Bertz CT molecular complexity index is 783. The van der Waals surface area contributed by atoms with Gasteiger partial charge in [-0.3, -0.25) is 0 Å². The fraction of sp³-hybridized carbons (Fsp3) is 0.545. The predicted molar refractivity (Wildman–Crippen MR) is 113 cm³/mol. The monoisotopic (exact) mass is 378 g/mol. The summed E-state index contributed by atoms with van der Waals surface area (Å²) >= 11 is 0. The molecule has 0 radical (unpaired) electrons. The molecule has 2 unspecified atom stereocenters. The van der Waals surface area contributed by atoms with Crippen molar-refractivity contribution in [2.45, 2.75) is 18.4 Å². The van der Waals surface area contributed by atoms with E-state index in [1.54, 1.807) is 6.33 Å². The molecule has 5 rings (SSSR count). The topological polar surface area (TPSA) is 47.5 Å². The van der Waals surface area contributed by atoms with Crippen LogP contribution >= 0.6 is 0 Å². The molecule has 2 saturated heterocycles. The van der Waals surface area contributed by atoms with Crippen molar-refractivity contribution < 1.29 is 0 Å². The maximum Gasteiger partial charge on any atom is 0.134 e. The van der Waals surface area contributed by atoms with Gasteiger partial charge < -0.3 is 20.0 Å². The first-order valence-electron chi connectivity index (χ1n) is 10.5. The maximum absolute atomic E-state index is 4.52. The van der Waals surface area contributed by atoms with Crippen LogP contribution in [-0.4, -0.2) is 73.8 Å². The number of hydrogen-bond donors (Lipinski definition) is 1. The number of likely N-dealkylation sites (N-methyl/N-ethyl adjacent to an activating group) is 1. The molecular weight excluding hydrogens is 348 g/mol. The number of piperazine rings is 1. The van der Waals surface area contributed by atoms with Crippen LogP contribution in [0.2, 0.25) is 0 Å². The molecule has 1 aromatic heterocycles. The van der Waals surface area contributed by atoms with Gasteiger partial charge in [0.2, 0.25) is 0 Å². The summed E-state index contributed by atoms with van der Waals surface area (Å²) in [7, 11) is 2.18. The molecule has 2 atom stereocenters. The Labute approximate surface area is 167 Å². The summed E-state index contributed by atoms with van der Waals surface area (Å²) in [5, 5.41) is 3.77. The van der Waals surface area contributed by atoms with Crippen molar-refractivity contribution in [3.05, 3.63) is 48.3 Å². The van der Waals surface area contributed by atoms with Gasteiger partial charge in [-0.15, -0.1) is 0 Å². The van der Waals surface area contributed by atoms with E-state index >= 15 is 0 Å².